The summed E-state index contributed by atoms with van der Waals surface area (Å²) >= 11 is 5.68. The number of rotatable bonds is 6. The molecule has 0 bridgehead atoms. The van der Waals surface area contributed by atoms with Crippen LogP contribution >= 0.6 is 0 Å². The Morgan fingerprint density at radius 1 is 0.923 bits per heavy atom. The number of nitro groups is 1. The molecule has 0 N–H and O–H groups in total. The van der Waals surface area contributed by atoms with Crippen LogP contribution in [0.3, 0.4) is 0 Å². The molecule has 200 valence electrons. The van der Waals surface area contributed by atoms with E-state index >= 15 is 0 Å². The Labute approximate surface area is 229 Å². The Bertz CT molecular complexity index is 1370. The van der Waals surface area contributed by atoms with Crippen LogP contribution in [0.5, 0.6) is 0 Å². The molecule has 0 aromatic heterocycles. The van der Waals surface area contributed by atoms with E-state index in [9.17, 15) is 19.7 Å². The van der Waals surface area contributed by atoms with E-state index in [0.717, 1.165) is 10.5 Å². The zero-order chi connectivity index (χ0) is 27.1. The van der Waals surface area contributed by atoms with Gasteiger partial charge in [0.1, 0.15) is 18.3 Å². The van der Waals surface area contributed by atoms with Crippen molar-refractivity contribution in [3.8, 4) is 0 Å². The van der Waals surface area contributed by atoms with Crippen LogP contribution in [0.15, 0.2) is 78.9 Å². The maximum atomic E-state index is 13.4. The summed E-state index contributed by atoms with van der Waals surface area (Å²) in [6, 6.07) is 21.0. The van der Waals surface area contributed by atoms with Crippen molar-refractivity contribution < 1.29 is 33.5 Å². The van der Waals surface area contributed by atoms with Crippen LogP contribution in [0.4, 0.5) is 5.69 Å². The Balaban J connectivity index is 1.33. The van der Waals surface area contributed by atoms with Crippen molar-refractivity contribution in [2.45, 2.75) is 42.7 Å². The fourth-order valence-corrected chi connectivity index (χ4v) is 5.61. The molecule has 1 unspecified atom stereocenters. The lowest BCUT2D eigenvalue weighted by atomic mass is 9.95. The number of fused-ring (bicyclic) bond motifs is 2. The highest BCUT2D eigenvalue weighted by molar-refractivity contribution is 7.59. The van der Waals surface area contributed by atoms with Crippen LogP contribution in [-0.4, -0.2) is 58.0 Å². The summed E-state index contributed by atoms with van der Waals surface area (Å²) < 4.78 is 24.7. The van der Waals surface area contributed by atoms with Gasteiger partial charge in [-0.3, -0.25) is 24.6 Å². The van der Waals surface area contributed by atoms with Gasteiger partial charge in [-0.05, 0) is 35.3 Å². The maximum absolute atomic E-state index is 13.4. The van der Waals surface area contributed by atoms with Crippen molar-refractivity contribution in [3.05, 3.63) is 111 Å². The van der Waals surface area contributed by atoms with Crippen LogP contribution in [0.1, 0.15) is 38.1 Å². The van der Waals surface area contributed by atoms with Crippen molar-refractivity contribution in [2.75, 3.05) is 6.61 Å². The first kappa shape index (κ1) is 25.7. The van der Waals surface area contributed by atoms with E-state index in [-0.39, 0.29) is 18.9 Å². The predicted molar refractivity (Wildman–Crippen MR) is 138 cm³/mol. The Kier molecular flexibility index (Phi) is 6.92. The van der Waals surface area contributed by atoms with Crippen molar-refractivity contribution in [3.63, 3.8) is 0 Å². The van der Waals surface area contributed by atoms with Gasteiger partial charge < -0.3 is 31.6 Å². The average Bonchev–Trinajstić information content (AvgIpc) is 3.21. The molecule has 2 amide bonds. The van der Waals surface area contributed by atoms with Gasteiger partial charge in [0.15, 0.2) is 6.29 Å². The molecule has 3 aliphatic heterocycles. The van der Waals surface area contributed by atoms with Gasteiger partial charge in [-0.15, -0.1) is 0 Å². The smallest absolute Gasteiger partial charge is 0.269 e. The fraction of sp³-hybridized carbons (Fsp3) is 0.286. The van der Waals surface area contributed by atoms with Gasteiger partial charge in [0, 0.05) is 17.7 Å². The lowest BCUT2D eigenvalue weighted by Gasteiger charge is -2.54. The highest BCUT2D eigenvalue weighted by Gasteiger charge is 2.53. The molecule has 2 fully saturated rings. The number of hydrogen-bond donors (Lipinski definition) is 0. The first-order chi connectivity index (χ1) is 18.9. The van der Waals surface area contributed by atoms with Crippen LogP contribution in [-0.2, 0) is 38.2 Å². The van der Waals surface area contributed by atoms with E-state index in [1.807, 2.05) is 30.3 Å². The molecule has 2 saturated heterocycles. The average molecular weight is 548 g/mol. The zero-order valence-electron chi connectivity index (χ0n) is 20.5. The van der Waals surface area contributed by atoms with Crippen LogP contribution in [0, 0.1) is 10.1 Å². The van der Waals surface area contributed by atoms with Gasteiger partial charge in [-0.2, -0.15) is 0 Å². The van der Waals surface area contributed by atoms with Gasteiger partial charge in [0.25, 0.3) is 17.5 Å². The van der Waals surface area contributed by atoms with Crippen LogP contribution in [0.25, 0.3) is 0 Å². The molecule has 3 aromatic carbocycles. The van der Waals surface area contributed by atoms with Gasteiger partial charge in [-0.1, -0.05) is 42.5 Å². The molecule has 3 aliphatic rings. The lowest BCUT2D eigenvalue weighted by molar-refractivity contribution is -0.384. The largest absolute Gasteiger partial charge is 0.759 e. The first-order valence-corrected chi connectivity index (χ1v) is 12.8. The third-order valence-electron chi connectivity index (χ3n) is 7.09. The number of benzene rings is 3. The Hall–Kier alpha value is -3.61. The third-order valence-corrected chi connectivity index (χ3v) is 7.48. The van der Waals surface area contributed by atoms with E-state index in [4.69, 9.17) is 31.6 Å². The number of carbonyl (C=O) groups is 2. The minimum absolute atomic E-state index is 0.0582. The van der Waals surface area contributed by atoms with Gasteiger partial charge in [0.05, 0.1) is 35.3 Å². The molecular formula is C28H23N2O8S-. The van der Waals surface area contributed by atoms with E-state index in [1.165, 1.54) is 12.1 Å². The SMILES string of the molecule is O=C1c2ccccc2C(=O)N1[C@@H]1[C@@H](OCc2ccccc2)[C@H]2OC(c3ccc([N+](=O)[O-])cc3)OC[C@H]2O[C@H]1[S-]. The van der Waals surface area contributed by atoms with Crippen LogP contribution in [0.2, 0.25) is 0 Å². The normalized spacial score (nSPS) is 28.2. The molecule has 0 radical (unpaired) electrons. The third kappa shape index (κ3) is 4.72. The second kappa shape index (κ2) is 10.5. The van der Waals surface area contributed by atoms with Crippen molar-refractivity contribution in [1.82, 2.24) is 4.90 Å². The number of carbonyl (C=O) groups excluding carboxylic acids is 2. The number of ether oxygens (including phenoxy) is 4. The minimum Gasteiger partial charge on any atom is -0.759 e. The fourth-order valence-electron chi connectivity index (χ4n) is 5.19. The standard InChI is InChI=1S/C28H24N2O8S/c31-25-19-8-4-5-9-20(19)26(32)29(25)22-24(35-14-16-6-2-1-3-7-16)23-21(37-28(22)39)15-36-27(38-23)17-10-12-18(13-11-17)30(33)34/h1-13,21-24,27-28,39H,14-15H2/p-1/t21-,22-,23+,24-,27?,28+/m1/s1. The number of nitro benzene ring substituents is 1. The Morgan fingerprint density at radius 3 is 2.21 bits per heavy atom. The van der Waals surface area contributed by atoms with Crippen molar-refractivity contribution in [2.24, 2.45) is 0 Å². The molecule has 3 aromatic rings. The van der Waals surface area contributed by atoms with E-state index in [1.54, 1.807) is 36.4 Å². The van der Waals surface area contributed by atoms with Gasteiger partial charge >= 0.3 is 0 Å². The lowest BCUT2D eigenvalue weighted by Crippen LogP contribution is -2.67. The highest BCUT2D eigenvalue weighted by Crippen LogP contribution is 2.39. The summed E-state index contributed by atoms with van der Waals surface area (Å²) in [6.45, 7) is 0.294. The van der Waals surface area contributed by atoms with Gasteiger partial charge in [0.2, 0.25) is 0 Å². The highest BCUT2D eigenvalue weighted by atomic mass is 32.1. The number of hydrogen-bond acceptors (Lipinski definition) is 9. The predicted octanol–water partition coefficient (Wildman–Crippen LogP) is 3.53. The molecule has 6 atom stereocenters. The van der Waals surface area contributed by atoms with E-state index < -0.39 is 52.8 Å². The van der Waals surface area contributed by atoms with E-state index in [0.29, 0.717) is 16.7 Å². The summed E-state index contributed by atoms with van der Waals surface area (Å²) in [5, 5.41) is 11.1. The number of amides is 2. The summed E-state index contributed by atoms with van der Waals surface area (Å²) in [4.78, 5) is 38.6. The first-order valence-electron chi connectivity index (χ1n) is 12.4. The minimum atomic E-state index is -0.975. The summed E-state index contributed by atoms with van der Waals surface area (Å²) in [6.07, 6.45) is -3.08. The molecule has 11 heteroatoms. The molecule has 0 aliphatic carbocycles. The number of nitrogens with zero attached hydrogens (tertiary/aromatic N) is 2. The summed E-state index contributed by atoms with van der Waals surface area (Å²) in [5.41, 5.74) is 1.02. The monoisotopic (exact) mass is 547 g/mol. The molecule has 6 rings (SSSR count). The van der Waals surface area contributed by atoms with Gasteiger partial charge in [-0.25, -0.2) is 0 Å². The van der Waals surface area contributed by atoms with Crippen molar-refractivity contribution >= 4 is 30.1 Å². The van der Waals surface area contributed by atoms with Crippen molar-refractivity contribution in [1.29, 1.82) is 0 Å². The molecule has 0 spiro atoms. The molecular weight excluding hydrogens is 524 g/mol. The zero-order valence-corrected chi connectivity index (χ0v) is 21.3. The molecule has 3 heterocycles. The second-order valence-electron chi connectivity index (χ2n) is 9.44. The Morgan fingerprint density at radius 2 is 1.56 bits per heavy atom. The summed E-state index contributed by atoms with van der Waals surface area (Å²) in [5.74, 6) is -0.936. The molecule has 10 nitrogen and oxygen atoms in total. The number of non-ortho nitro benzene ring substituents is 1. The summed E-state index contributed by atoms with van der Waals surface area (Å²) in [7, 11) is 0. The molecule has 0 saturated carbocycles. The molecule has 39 heavy (non-hydrogen) atoms. The number of imide groups is 1. The second-order valence-corrected chi connectivity index (χ2v) is 9.90. The maximum Gasteiger partial charge on any atom is 0.269 e. The quantitative estimate of drug-likeness (QED) is 0.198. The van der Waals surface area contributed by atoms with E-state index in [2.05, 4.69) is 0 Å². The van der Waals surface area contributed by atoms with Crippen LogP contribution < -0.4 is 0 Å². The topological polar surface area (TPSA) is 117 Å².